The molecule has 2 saturated carbocycles. The molecule has 1 aliphatic heterocycles. The Labute approximate surface area is 141 Å². The lowest BCUT2D eigenvalue weighted by Gasteiger charge is -2.29. The van der Waals surface area contributed by atoms with E-state index in [4.69, 9.17) is 4.74 Å². The number of carbonyl (C=O) groups is 2. The number of nitrogens with one attached hydrogen (secondary N) is 1. The number of nitrogens with zero attached hydrogens (tertiary/aromatic N) is 2. The van der Waals surface area contributed by atoms with Crippen LogP contribution in [-0.4, -0.2) is 41.9 Å². The first kappa shape index (κ1) is 15.4. The first-order valence-corrected chi connectivity index (χ1v) is 8.72. The van der Waals surface area contributed by atoms with Gasteiger partial charge in [0.05, 0.1) is 29.8 Å². The monoisotopic (exact) mass is 329 g/mol. The minimum atomic E-state index is -0.507. The van der Waals surface area contributed by atoms with Gasteiger partial charge in [0.15, 0.2) is 0 Å². The minimum Gasteiger partial charge on any atom is -0.481 e. The Hall–Kier alpha value is -2.11. The van der Waals surface area contributed by atoms with Gasteiger partial charge in [-0.3, -0.25) is 9.59 Å². The summed E-state index contributed by atoms with van der Waals surface area (Å²) in [5.74, 6) is 0.692. The van der Waals surface area contributed by atoms with Crippen LogP contribution < -0.4 is 10.1 Å². The number of anilines is 1. The highest BCUT2D eigenvalue weighted by molar-refractivity contribution is 6.03. The van der Waals surface area contributed by atoms with Gasteiger partial charge < -0.3 is 15.0 Å². The molecule has 0 aromatic carbocycles. The summed E-state index contributed by atoms with van der Waals surface area (Å²) in [5.41, 5.74) is -0.301. The summed E-state index contributed by atoms with van der Waals surface area (Å²) in [5, 5.41) is 2.96. The first-order valence-electron chi connectivity index (χ1n) is 8.72. The van der Waals surface area contributed by atoms with Crippen molar-refractivity contribution in [2.75, 3.05) is 25.5 Å². The summed E-state index contributed by atoms with van der Waals surface area (Å²) in [7, 11) is 1.56. The fourth-order valence-electron chi connectivity index (χ4n) is 4.12. The molecule has 1 aromatic heterocycles. The Balaban J connectivity index is 1.49. The zero-order valence-corrected chi connectivity index (χ0v) is 14.0. The average Bonchev–Trinajstić information content (AvgIpc) is 3.51. The van der Waals surface area contributed by atoms with E-state index < -0.39 is 10.8 Å². The number of hydrogen-bond donors (Lipinski definition) is 1. The van der Waals surface area contributed by atoms with Gasteiger partial charge in [-0.1, -0.05) is 0 Å². The second kappa shape index (κ2) is 5.46. The number of ether oxygens (including phenoxy) is 1. The Bertz CT molecular complexity index is 657. The minimum absolute atomic E-state index is 0.0282. The molecule has 4 rings (SSSR count). The number of pyridine rings is 1. The maximum absolute atomic E-state index is 13.0. The molecule has 0 bridgehead atoms. The summed E-state index contributed by atoms with van der Waals surface area (Å²) in [6, 6.07) is 3.50. The topological polar surface area (TPSA) is 71.5 Å². The molecular formula is C18H23N3O3. The third kappa shape index (κ3) is 2.27. The van der Waals surface area contributed by atoms with Crippen LogP contribution in [0.3, 0.4) is 0 Å². The average molecular weight is 329 g/mol. The molecule has 128 valence electrons. The van der Waals surface area contributed by atoms with E-state index in [1.54, 1.807) is 25.4 Å². The maximum atomic E-state index is 13.0. The van der Waals surface area contributed by atoms with Crippen molar-refractivity contribution in [2.45, 2.75) is 38.5 Å². The summed E-state index contributed by atoms with van der Waals surface area (Å²) in [6.07, 6.45) is 7.06. The third-order valence-corrected chi connectivity index (χ3v) is 5.86. The fourth-order valence-corrected chi connectivity index (χ4v) is 4.12. The van der Waals surface area contributed by atoms with Crippen molar-refractivity contribution in [2.24, 2.45) is 10.8 Å². The molecule has 2 aliphatic carbocycles. The van der Waals surface area contributed by atoms with Crippen LogP contribution in [0.15, 0.2) is 18.3 Å². The summed E-state index contributed by atoms with van der Waals surface area (Å²) >= 11 is 0. The van der Waals surface area contributed by atoms with Crippen LogP contribution in [0.2, 0.25) is 0 Å². The number of amides is 2. The highest BCUT2D eigenvalue weighted by Gasteiger charge is 2.73. The highest BCUT2D eigenvalue weighted by Crippen LogP contribution is 2.71. The Morgan fingerprint density at radius 2 is 1.79 bits per heavy atom. The number of rotatable bonds is 5. The van der Waals surface area contributed by atoms with E-state index in [0.29, 0.717) is 11.6 Å². The number of methoxy groups -OCH3 is 1. The van der Waals surface area contributed by atoms with Crippen molar-refractivity contribution < 1.29 is 14.3 Å². The van der Waals surface area contributed by atoms with Crippen LogP contribution in [0.5, 0.6) is 5.88 Å². The van der Waals surface area contributed by atoms with Gasteiger partial charge in [-0.25, -0.2) is 4.98 Å². The van der Waals surface area contributed by atoms with Crippen molar-refractivity contribution in [1.29, 1.82) is 0 Å². The molecule has 6 nitrogen and oxygen atoms in total. The first-order chi connectivity index (χ1) is 11.6. The number of carbonyl (C=O) groups excluding carboxylic acids is 2. The van der Waals surface area contributed by atoms with Crippen LogP contribution >= 0.6 is 0 Å². The summed E-state index contributed by atoms with van der Waals surface area (Å²) in [4.78, 5) is 32.0. The van der Waals surface area contributed by atoms with Crippen molar-refractivity contribution >= 4 is 17.5 Å². The van der Waals surface area contributed by atoms with E-state index in [9.17, 15) is 9.59 Å². The highest BCUT2D eigenvalue weighted by atomic mass is 16.5. The lowest BCUT2D eigenvalue weighted by atomic mass is 9.83. The normalized spacial score (nSPS) is 22.8. The number of likely N-dealkylation sites (tertiary alicyclic amines) is 1. The van der Waals surface area contributed by atoms with E-state index in [1.165, 1.54) is 0 Å². The molecule has 6 heteroatoms. The van der Waals surface area contributed by atoms with E-state index in [0.717, 1.165) is 51.6 Å². The predicted molar refractivity (Wildman–Crippen MR) is 88.6 cm³/mol. The zero-order chi connectivity index (χ0) is 16.8. The Morgan fingerprint density at radius 3 is 2.29 bits per heavy atom. The standard InChI is InChI=1S/C18H23N3O3/c1-24-14-5-4-13(12-19-14)20-15(22)17(6-7-17)18(8-9-18)16(23)21-10-2-3-11-21/h4-5,12H,2-3,6-11H2,1H3,(H,20,22). The molecular weight excluding hydrogens is 306 g/mol. The van der Waals surface area contributed by atoms with E-state index in [-0.39, 0.29) is 11.8 Å². The number of aromatic nitrogens is 1. The molecule has 0 unspecified atom stereocenters. The predicted octanol–water partition coefficient (Wildman–Crippen LogP) is 2.21. The van der Waals surface area contributed by atoms with E-state index in [2.05, 4.69) is 10.3 Å². The van der Waals surface area contributed by atoms with Crippen LogP contribution in [0, 0.1) is 10.8 Å². The Kier molecular flexibility index (Phi) is 3.51. The van der Waals surface area contributed by atoms with Gasteiger partial charge in [-0.2, -0.15) is 0 Å². The van der Waals surface area contributed by atoms with Gasteiger partial charge in [-0.05, 0) is 44.6 Å². The van der Waals surface area contributed by atoms with Gasteiger partial charge in [0, 0.05) is 19.2 Å². The molecule has 0 atom stereocenters. The lowest BCUT2D eigenvalue weighted by Crippen LogP contribution is -2.44. The number of hydrogen-bond acceptors (Lipinski definition) is 4. The summed E-state index contributed by atoms with van der Waals surface area (Å²) in [6.45, 7) is 1.70. The summed E-state index contributed by atoms with van der Waals surface area (Å²) < 4.78 is 5.03. The van der Waals surface area contributed by atoms with Crippen molar-refractivity contribution in [3.8, 4) is 5.88 Å². The van der Waals surface area contributed by atoms with Crippen LogP contribution in [0.4, 0.5) is 5.69 Å². The van der Waals surface area contributed by atoms with Crippen LogP contribution in [-0.2, 0) is 9.59 Å². The molecule has 3 fully saturated rings. The van der Waals surface area contributed by atoms with Crippen LogP contribution in [0.25, 0.3) is 0 Å². The Morgan fingerprint density at radius 1 is 1.12 bits per heavy atom. The molecule has 1 N–H and O–H groups in total. The van der Waals surface area contributed by atoms with Gasteiger partial charge in [-0.15, -0.1) is 0 Å². The molecule has 3 aliphatic rings. The molecule has 2 amide bonds. The zero-order valence-electron chi connectivity index (χ0n) is 14.0. The van der Waals surface area contributed by atoms with Crippen molar-refractivity contribution in [3.05, 3.63) is 18.3 Å². The van der Waals surface area contributed by atoms with Gasteiger partial charge in [0.25, 0.3) is 0 Å². The molecule has 0 radical (unpaired) electrons. The van der Waals surface area contributed by atoms with Gasteiger partial charge >= 0.3 is 0 Å². The second-order valence-corrected chi connectivity index (χ2v) is 7.21. The maximum Gasteiger partial charge on any atom is 0.231 e. The van der Waals surface area contributed by atoms with Gasteiger partial charge in [0.2, 0.25) is 17.7 Å². The largest absolute Gasteiger partial charge is 0.481 e. The fraction of sp³-hybridized carbons (Fsp3) is 0.611. The van der Waals surface area contributed by atoms with Gasteiger partial charge in [0.1, 0.15) is 0 Å². The van der Waals surface area contributed by atoms with Crippen LogP contribution in [0.1, 0.15) is 38.5 Å². The molecule has 1 aromatic rings. The van der Waals surface area contributed by atoms with E-state index in [1.807, 2.05) is 4.90 Å². The smallest absolute Gasteiger partial charge is 0.231 e. The molecule has 0 spiro atoms. The van der Waals surface area contributed by atoms with E-state index >= 15 is 0 Å². The van der Waals surface area contributed by atoms with Crippen molar-refractivity contribution in [1.82, 2.24) is 9.88 Å². The SMILES string of the molecule is COc1ccc(NC(=O)C2(C3(C(=O)N4CCCC4)CC3)CC2)cn1. The second-order valence-electron chi connectivity index (χ2n) is 7.21. The van der Waals surface area contributed by atoms with Crippen molar-refractivity contribution in [3.63, 3.8) is 0 Å². The third-order valence-electron chi connectivity index (χ3n) is 5.86. The molecule has 24 heavy (non-hydrogen) atoms. The molecule has 2 heterocycles. The lowest BCUT2D eigenvalue weighted by molar-refractivity contribution is -0.143. The molecule has 1 saturated heterocycles. The quantitative estimate of drug-likeness (QED) is 0.899.